The highest BCUT2D eigenvalue weighted by molar-refractivity contribution is 6.31. The van der Waals surface area contributed by atoms with E-state index in [1.807, 2.05) is 12.1 Å². The number of imidazole rings is 1. The standard InChI is InChI=1S/C13H10ClN3O/c14-8-2-4-10-11(6-8)17-13(16-10)7-1-3-9(15)12(18)5-7/h1-6,18H,15H2,(H,16,17). The number of hydrogen-bond donors (Lipinski definition) is 3. The predicted molar refractivity (Wildman–Crippen MR) is 72.6 cm³/mol. The number of H-pyrrole nitrogens is 1. The lowest BCUT2D eigenvalue weighted by Gasteiger charge is -2.00. The van der Waals surface area contributed by atoms with E-state index >= 15 is 0 Å². The third-order valence-electron chi connectivity index (χ3n) is 2.75. The van der Waals surface area contributed by atoms with Gasteiger partial charge in [-0.2, -0.15) is 0 Å². The van der Waals surface area contributed by atoms with Crippen LogP contribution in [-0.4, -0.2) is 15.1 Å². The minimum absolute atomic E-state index is 0.0472. The SMILES string of the molecule is Nc1ccc(-c2nc3ccc(Cl)cc3[nH]2)cc1O. The minimum Gasteiger partial charge on any atom is -0.506 e. The fourth-order valence-corrected chi connectivity index (χ4v) is 1.98. The Kier molecular flexibility index (Phi) is 2.38. The van der Waals surface area contributed by atoms with E-state index in [1.54, 1.807) is 24.3 Å². The summed E-state index contributed by atoms with van der Waals surface area (Å²) >= 11 is 5.92. The van der Waals surface area contributed by atoms with Gasteiger partial charge in [-0.05, 0) is 36.4 Å². The Labute approximate surface area is 108 Å². The number of phenols is 1. The zero-order valence-electron chi connectivity index (χ0n) is 9.31. The zero-order valence-corrected chi connectivity index (χ0v) is 10.1. The van der Waals surface area contributed by atoms with E-state index in [9.17, 15) is 5.11 Å². The fraction of sp³-hybridized carbons (Fsp3) is 0. The number of nitrogen functional groups attached to an aromatic ring is 1. The van der Waals surface area contributed by atoms with Gasteiger partial charge in [0.2, 0.25) is 0 Å². The molecule has 0 saturated heterocycles. The van der Waals surface area contributed by atoms with Crippen LogP contribution in [0.2, 0.25) is 5.02 Å². The molecule has 0 aliphatic carbocycles. The van der Waals surface area contributed by atoms with Crippen LogP contribution < -0.4 is 5.73 Å². The Balaban J connectivity index is 2.16. The molecule has 0 amide bonds. The molecule has 18 heavy (non-hydrogen) atoms. The summed E-state index contributed by atoms with van der Waals surface area (Å²) in [6.07, 6.45) is 0. The van der Waals surface area contributed by atoms with Crippen molar-refractivity contribution < 1.29 is 5.11 Å². The molecule has 5 heteroatoms. The molecule has 4 nitrogen and oxygen atoms in total. The van der Waals surface area contributed by atoms with E-state index in [2.05, 4.69) is 9.97 Å². The number of nitrogens with zero attached hydrogens (tertiary/aromatic N) is 1. The van der Waals surface area contributed by atoms with E-state index in [4.69, 9.17) is 17.3 Å². The highest BCUT2D eigenvalue weighted by atomic mass is 35.5. The number of benzene rings is 2. The summed E-state index contributed by atoms with van der Waals surface area (Å²) in [6.45, 7) is 0. The third kappa shape index (κ3) is 1.76. The smallest absolute Gasteiger partial charge is 0.139 e. The molecule has 0 aliphatic heterocycles. The van der Waals surface area contributed by atoms with Gasteiger partial charge >= 0.3 is 0 Å². The van der Waals surface area contributed by atoms with Gasteiger partial charge in [0, 0.05) is 10.6 Å². The monoisotopic (exact) mass is 259 g/mol. The molecule has 0 spiro atoms. The molecular weight excluding hydrogens is 250 g/mol. The molecule has 2 aromatic carbocycles. The number of hydrogen-bond acceptors (Lipinski definition) is 3. The molecule has 0 unspecified atom stereocenters. The Hall–Kier alpha value is -2.20. The first-order chi connectivity index (χ1) is 8.63. The zero-order chi connectivity index (χ0) is 12.7. The minimum atomic E-state index is 0.0472. The Morgan fingerprint density at radius 3 is 2.78 bits per heavy atom. The second-order valence-electron chi connectivity index (χ2n) is 4.02. The van der Waals surface area contributed by atoms with Crippen LogP contribution in [0.25, 0.3) is 22.4 Å². The molecule has 0 aliphatic rings. The van der Waals surface area contributed by atoms with Gasteiger partial charge < -0.3 is 15.8 Å². The van der Waals surface area contributed by atoms with E-state index in [1.165, 1.54) is 0 Å². The average Bonchev–Trinajstić information content (AvgIpc) is 2.75. The molecule has 90 valence electrons. The predicted octanol–water partition coefficient (Wildman–Crippen LogP) is 3.17. The van der Waals surface area contributed by atoms with Crippen molar-refractivity contribution >= 4 is 28.3 Å². The van der Waals surface area contributed by atoms with Crippen molar-refractivity contribution in [1.82, 2.24) is 9.97 Å². The van der Waals surface area contributed by atoms with Gasteiger partial charge in [-0.25, -0.2) is 4.98 Å². The first-order valence-corrected chi connectivity index (χ1v) is 5.75. The summed E-state index contributed by atoms with van der Waals surface area (Å²) in [4.78, 5) is 7.58. The van der Waals surface area contributed by atoms with Crippen LogP contribution in [0.4, 0.5) is 5.69 Å². The molecule has 0 fully saturated rings. The first kappa shape index (κ1) is 10.9. The van der Waals surface area contributed by atoms with Crippen molar-refractivity contribution in [1.29, 1.82) is 0 Å². The summed E-state index contributed by atoms with van der Waals surface area (Å²) < 4.78 is 0. The molecule has 0 radical (unpaired) electrons. The number of aromatic amines is 1. The van der Waals surface area contributed by atoms with Gasteiger partial charge in [0.25, 0.3) is 0 Å². The summed E-state index contributed by atoms with van der Waals surface area (Å²) in [5, 5.41) is 10.2. The van der Waals surface area contributed by atoms with Gasteiger partial charge in [0.05, 0.1) is 16.7 Å². The van der Waals surface area contributed by atoms with Crippen molar-refractivity contribution in [2.24, 2.45) is 0 Å². The van der Waals surface area contributed by atoms with E-state index in [0.717, 1.165) is 16.6 Å². The normalized spacial score (nSPS) is 10.9. The maximum atomic E-state index is 9.59. The fourth-order valence-electron chi connectivity index (χ4n) is 1.81. The molecule has 1 aromatic heterocycles. The number of nitrogens with one attached hydrogen (secondary N) is 1. The highest BCUT2D eigenvalue weighted by Crippen LogP contribution is 2.28. The Bertz CT molecular complexity index is 736. The van der Waals surface area contributed by atoms with Crippen LogP contribution >= 0.6 is 11.6 Å². The van der Waals surface area contributed by atoms with Crippen molar-refractivity contribution in [2.75, 3.05) is 5.73 Å². The molecule has 4 N–H and O–H groups in total. The van der Waals surface area contributed by atoms with Gasteiger partial charge in [0.1, 0.15) is 11.6 Å². The lowest BCUT2D eigenvalue weighted by atomic mass is 10.2. The molecule has 3 rings (SSSR count). The topological polar surface area (TPSA) is 74.9 Å². The van der Waals surface area contributed by atoms with Crippen LogP contribution in [0.5, 0.6) is 5.75 Å². The summed E-state index contributed by atoms with van der Waals surface area (Å²) in [6, 6.07) is 10.5. The third-order valence-corrected chi connectivity index (χ3v) is 2.98. The van der Waals surface area contributed by atoms with Crippen molar-refractivity contribution in [3.05, 3.63) is 41.4 Å². The number of anilines is 1. The molecule has 0 saturated carbocycles. The molecule has 1 heterocycles. The summed E-state index contributed by atoms with van der Waals surface area (Å²) in [5.41, 5.74) is 8.36. The van der Waals surface area contributed by atoms with E-state index in [0.29, 0.717) is 16.5 Å². The number of aromatic hydroxyl groups is 1. The summed E-state index contributed by atoms with van der Waals surface area (Å²) in [5.74, 6) is 0.716. The van der Waals surface area contributed by atoms with Crippen LogP contribution in [0, 0.1) is 0 Å². The highest BCUT2D eigenvalue weighted by Gasteiger charge is 2.07. The number of rotatable bonds is 1. The quantitative estimate of drug-likeness (QED) is 0.464. The van der Waals surface area contributed by atoms with Gasteiger partial charge in [-0.1, -0.05) is 11.6 Å². The van der Waals surface area contributed by atoms with Crippen LogP contribution in [-0.2, 0) is 0 Å². The molecular formula is C13H10ClN3O. The number of halogens is 1. The number of aromatic nitrogens is 2. The lowest BCUT2D eigenvalue weighted by molar-refractivity contribution is 0.478. The lowest BCUT2D eigenvalue weighted by Crippen LogP contribution is -1.86. The summed E-state index contributed by atoms with van der Waals surface area (Å²) in [7, 11) is 0. The molecule has 0 bridgehead atoms. The van der Waals surface area contributed by atoms with Gasteiger partial charge in [-0.15, -0.1) is 0 Å². The van der Waals surface area contributed by atoms with Crippen LogP contribution in [0.1, 0.15) is 0 Å². The Morgan fingerprint density at radius 2 is 2.00 bits per heavy atom. The van der Waals surface area contributed by atoms with Crippen LogP contribution in [0.15, 0.2) is 36.4 Å². The van der Waals surface area contributed by atoms with E-state index < -0.39 is 0 Å². The number of fused-ring (bicyclic) bond motifs is 1. The van der Waals surface area contributed by atoms with Gasteiger partial charge in [-0.3, -0.25) is 0 Å². The van der Waals surface area contributed by atoms with Crippen molar-refractivity contribution in [3.63, 3.8) is 0 Å². The van der Waals surface area contributed by atoms with Gasteiger partial charge in [0.15, 0.2) is 0 Å². The second kappa shape index (κ2) is 3.92. The number of phenolic OH excluding ortho intramolecular Hbond substituents is 1. The largest absolute Gasteiger partial charge is 0.506 e. The first-order valence-electron chi connectivity index (χ1n) is 5.37. The maximum absolute atomic E-state index is 9.59. The Morgan fingerprint density at radius 1 is 1.17 bits per heavy atom. The molecule has 3 aromatic rings. The van der Waals surface area contributed by atoms with Crippen LogP contribution in [0.3, 0.4) is 0 Å². The van der Waals surface area contributed by atoms with Crippen molar-refractivity contribution in [3.8, 4) is 17.1 Å². The van der Waals surface area contributed by atoms with E-state index in [-0.39, 0.29) is 5.75 Å². The number of nitrogens with two attached hydrogens (primary N) is 1. The second-order valence-corrected chi connectivity index (χ2v) is 4.46. The average molecular weight is 260 g/mol. The van der Waals surface area contributed by atoms with Crippen molar-refractivity contribution in [2.45, 2.75) is 0 Å². The maximum Gasteiger partial charge on any atom is 0.139 e. The molecule has 0 atom stereocenters.